The predicted octanol–water partition coefficient (Wildman–Crippen LogP) is 3.32. The van der Waals surface area contributed by atoms with Gasteiger partial charge in [0.15, 0.2) is 5.69 Å². The molecule has 0 fully saturated rings. The smallest absolute Gasteiger partial charge is 0.356 e. The van der Waals surface area contributed by atoms with Crippen LogP contribution in [0, 0.1) is 0 Å². The number of hydrogen-bond acceptors (Lipinski definition) is 5. The van der Waals surface area contributed by atoms with Crippen LogP contribution >= 0.6 is 11.6 Å². The number of primary sulfonamides is 1. The van der Waals surface area contributed by atoms with Gasteiger partial charge in [-0.15, -0.1) is 0 Å². The first-order chi connectivity index (χ1) is 13.3. The van der Waals surface area contributed by atoms with E-state index in [2.05, 4.69) is 5.10 Å². The van der Waals surface area contributed by atoms with E-state index < -0.39 is 16.0 Å². The number of carbonyl (C=O) groups excluding carboxylic acids is 1. The van der Waals surface area contributed by atoms with E-state index >= 15 is 0 Å². The summed E-state index contributed by atoms with van der Waals surface area (Å²) in [6, 6.07) is 13.0. The number of sulfonamides is 1. The number of nitrogens with two attached hydrogens (primary N) is 1. The zero-order valence-electron chi connectivity index (χ0n) is 15.2. The minimum Gasteiger partial charge on any atom is -0.464 e. The molecule has 0 atom stereocenters. The van der Waals surface area contributed by atoms with Gasteiger partial charge in [-0.3, -0.25) is 4.68 Å². The van der Waals surface area contributed by atoms with Gasteiger partial charge in [0, 0.05) is 22.7 Å². The van der Waals surface area contributed by atoms with Gasteiger partial charge in [0.25, 0.3) is 0 Å². The molecule has 9 heteroatoms. The van der Waals surface area contributed by atoms with Crippen molar-refractivity contribution in [2.75, 3.05) is 7.11 Å². The third-order valence-corrected chi connectivity index (χ3v) is 5.40. The maximum absolute atomic E-state index is 12.5. The molecule has 0 saturated carbocycles. The van der Waals surface area contributed by atoms with Gasteiger partial charge in [-0.1, -0.05) is 35.9 Å². The summed E-state index contributed by atoms with van der Waals surface area (Å²) in [4.78, 5) is 12.5. The highest BCUT2D eigenvalue weighted by Crippen LogP contribution is 2.36. The highest BCUT2D eigenvalue weighted by molar-refractivity contribution is 7.89. The van der Waals surface area contributed by atoms with E-state index in [0.717, 1.165) is 5.56 Å². The molecule has 7 nitrogen and oxygen atoms in total. The zero-order chi connectivity index (χ0) is 20.5. The minimum absolute atomic E-state index is 0.00703. The largest absolute Gasteiger partial charge is 0.464 e. The number of ether oxygens (including phenoxy) is 1. The van der Waals surface area contributed by atoms with Crippen molar-refractivity contribution in [3.8, 4) is 22.4 Å². The lowest BCUT2D eigenvalue weighted by molar-refractivity contribution is 0.0587. The highest BCUT2D eigenvalue weighted by Gasteiger charge is 2.26. The Labute approximate surface area is 167 Å². The Morgan fingerprint density at radius 2 is 1.68 bits per heavy atom. The standard InChI is InChI=1S/C19H18ClN3O4S/c1-3-23-18(19(24)27-2)16(12-4-8-14(20)9-5-12)17(22-23)13-6-10-15(11-7-13)28(21,25)26/h4-11H,3H2,1-2H3,(H2,21,25,26). The Bertz CT molecular complexity index is 1120. The number of aryl methyl sites for hydroxylation is 1. The fourth-order valence-electron chi connectivity index (χ4n) is 2.89. The molecule has 0 amide bonds. The molecular formula is C19H18ClN3O4S. The molecule has 0 aliphatic carbocycles. The lowest BCUT2D eigenvalue weighted by Gasteiger charge is -2.08. The van der Waals surface area contributed by atoms with Crippen LogP contribution in [-0.2, 0) is 21.3 Å². The van der Waals surface area contributed by atoms with Gasteiger partial charge in [0.1, 0.15) is 5.69 Å². The lowest BCUT2D eigenvalue weighted by Crippen LogP contribution is -2.11. The molecule has 2 N–H and O–H groups in total. The molecule has 3 aromatic rings. The molecule has 0 unspecified atom stereocenters. The number of carbonyl (C=O) groups is 1. The SMILES string of the molecule is CCn1nc(-c2ccc(S(N)(=O)=O)cc2)c(-c2ccc(Cl)cc2)c1C(=O)OC. The molecule has 0 saturated heterocycles. The second kappa shape index (κ2) is 7.75. The number of aromatic nitrogens is 2. The van der Waals surface area contributed by atoms with Crippen molar-refractivity contribution in [2.24, 2.45) is 5.14 Å². The molecule has 0 spiro atoms. The first-order valence-corrected chi connectivity index (χ1v) is 10.3. The maximum atomic E-state index is 12.5. The molecular weight excluding hydrogens is 402 g/mol. The second-order valence-electron chi connectivity index (χ2n) is 5.96. The van der Waals surface area contributed by atoms with Crippen LogP contribution in [0.4, 0.5) is 0 Å². The quantitative estimate of drug-likeness (QED) is 0.638. The molecule has 2 aromatic carbocycles. The molecule has 0 bridgehead atoms. The average Bonchev–Trinajstić information content (AvgIpc) is 3.07. The van der Waals surface area contributed by atoms with Gasteiger partial charge in [-0.05, 0) is 36.8 Å². The monoisotopic (exact) mass is 419 g/mol. The number of halogens is 1. The predicted molar refractivity (Wildman–Crippen MR) is 106 cm³/mol. The summed E-state index contributed by atoms with van der Waals surface area (Å²) < 4.78 is 29.5. The fraction of sp³-hybridized carbons (Fsp3) is 0.158. The van der Waals surface area contributed by atoms with Gasteiger partial charge >= 0.3 is 5.97 Å². The molecule has 28 heavy (non-hydrogen) atoms. The first-order valence-electron chi connectivity index (χ1n) is 8.34. The van der Waals surface area contributed by atoms with Crippen molar-refractivity contribution >= 4 is 27.6 Å². The number of methoxy groups -OCH3 is 1. The van der Waals surface area contributed by atoms with Gasteiger partial charge in [-0.2, -0.15) is 5.10 Å². The maximum Gasteiger partial charge on any atom is 0.356 e. The third-order valence-electron chi connectivity index (χ3n) is 4.22. The summed E-state index contributed by atoms with van der Waals surface area (Å²) >= 11 is 6.00. The van der Waals surface area contributed by atoms with E-state index in [1.165, 1.54) is 19.2 Å². The van der Waals surface area contributed by atoms with Crippen LogP contribution < -0.4 is 5.14 Å². The van der Waals surface area contributed by atoms with E-state index in [-0.39, 0.29) is 4.90 Å². The molecule has 3 rings (SSSR count). The Morgan fingerprint density at radius 1 is 1.11 bits per heavy atom. The summed E-state index contributed by atoms with van der Waals surface area (Å²) in [6.45, 7) is 2.30. The highest BCUT2D eigenvalue weighted by atomic mass is 35.5. The number of benzene rings is 2. The van der Waals surface area contributed by atoms with Gasteiger partial charge < -0.3 is 4.74 Å². The summed E-state index contributed by atoms with van der Waals surface area (Å²) in [5.41, 5.74) is 2.77. The molecule has 0 radical (unpaired) electrons. The fourth-order valence-corrected chi connectivity index (χ4v) is 3.53. The minimum atomic E-state index is -3.81. The Kier molecular flexibility index (Phi) is 5.55. The van der Waals surface area contributed by atoms with Crippen LogP contribution in [-0.4, -0.2) is 31.3 Å². The van der Waals surface area contributed by atoms with Crippen LogP contribution in [0.25, 0.3) is 22.4 Å². The summed E-state index contributed by atoms with van der Waals surface area (Å²) in [6.07, 6.45) is 0. The van der Waals surface area contributed by atoms with Crippen LogP contribution in [0.15, 0.2) is 53.4 Å². The number of esters is 1. The second-order valence-corrected chi connectivity index (χ2v) is 7.95. The van der Waals surface area contributed by atoms with E-state index in [1.54, 1.807) is 41.1 Å². The summed E-state index contributed by atoms with van der Waals surface area (Å²) in [5, 5.41) is 10.3. The van der Waals surface area contributed by atoms with E-state index in [1.807, 2.05) is 6.92 Å². The van der Waals surface area contributed by atoms with Crippen LogP contribution in [0.2, 0.25) is 5.02 Å². The van der Waals surface area contributed by atoms with Crippen molar-refractivity contribution in [3.05, 3.63) is 59.2 Å². The molecule has 1 aromatic heterocycles. The topological polar surface area (TPSA) is 104 Å². The molecule has 1 heterocycles. The molecule has 0 aliphatic rings. The normalized spacial score (nSPS) is 11.4. The van der Waals surface area contributed by atoms with Gasteiger partial charge in [0.05, 0.1) is 12.0 Å². The van der Waals surface area contributed by atoms with Crippen LogP contribution in [0.3, 0.4) is 0 Å². The number of rotatable bonds is 5. The lowest BCUT2D eigenvalue weighted by atomic mass is 9.99. The Hall–Kier alpha value is -2.68. The van der Waals surface area contributed by atoms with E-state index in [9.17, 15) is 13.2 Å². The van der Waals surface area contributed by atoms with Crippen LogP contribution in [0.1, 0.15) is 17.4 Å². The van der Waals surface area contributed by atoms with Crippen LogP contribution in [0.5, 0.6) is 0 Å². The van der Waals surface area contributed by atoms with Gasteiger partial charge in [0.2, 0.25) is 10.0 Å². The van der Waals surface area contributed by atoms with E-state index in [0.29, 0.717) is 34.1 Å². The van der Waals surface area contributed by atoms with Crippen molar-refractivity contribution in [2.45, 2.75) is 18.4 Å². The van der Waals surface area contributed by atoms with Crippen molar-refractivity contribution in [1.29, 1.82) is 0 Å². The zero-order valence-corrected chi connectivity index (χ0v) is 16.8. The van der Waals surface area contributed by atoms with Crippen molar-refractivity contribution in [1.82, 2.24) is 9.78 Å². The third kappa shape index (κ3) is 3.80. The van der Waals surface area contributed by atoms with E-state index in [4.69, 9.17) is 21.5 Å². The Balaban J connectivity index is 2.27. The molecule has 146 valence electrons. The van der Waals surface area contributed by atoms with Crippen molar-refractivity contribution < 1.29 is 17.9 Å². The summed E-state index contributed by atoms with van der Waals surface area (Å²) in [7, 11) is -2.50. The Morgan fingerprint density at radius 3 is 2.18 bits per heavy atom. The van der Waals surface area contributed by atoms with Gasteiger partial charge in [-0.25, -0.2) is 18.4 Å². The molecule has 0 aliphatic heterocycles. The number of hydrogen-bond donors (Lipinski definition) is 1. The van der Waals surface area contributed by atoms with Crippen molar-refractivity contribution in [3.63, 3.8) is 0 Å². The number of nitrogens with zero attached hydrogens (tertiary/aromatic N) is 2. The summed E-state index contributed by atoms with van der Waals surface area (Å²) in [5.74, 6) is -0.522. The first kappa shape index (κ1) is 20.1. The average molecular weight is 420 g/mol.